The van der Waals surface area contributed by atoms with Crippen molar-refractivity contribution >= 4 is 5.91 Å². The highest BCUT2D eigenvalue weighted by Gasteiger charge is 2.44. The number of amides is 1. The van der Waals surface area contributed by atoms with Crippen LogP contribution in [0.25, 0.3) is 0 Å². The number of nitrogens with zero attached hydrogens (tertiary/aromatic N) is 1. The molecule has 1 aliphatic heterocycles. The van der Waals surface area contributed by atoms with E-state index in [0.29, 0.717) is 6.61 Å². The Morgan fingerprint density at radius 1 is 1.35 bits per heavy atom. The highest BCUT2D eigenvalue weighted by atomic mass is 16.5. The molecule has 2 aliphatic carbocycles. The van der Waals surface area contributed by atoms with Crippen molar-refractivity contribution in [1.82, 2.24) is 4.90 Å². The standard InChI is InChI=1S/C13H21NO3/c1-9(15)14-6-7-16-13-11(14)4-5-12(13)17-8-10-2-3-10/h10-13H,2-8H2,1H3/t11-,12-,13+/m0/s1. The third-order valence-corrected chi connectivity index (χ3v) is 4.18. The van der Waals surface area contributed by atoms with Crippen LogP contribution in [0.2, 0.25) is 0 Å². The van der Waals surface area contributed by atoms with Gasteiger partial charge in [-0.2, -0.15) is 0 Å². The molecule has 4 heteroatoms. The maximum Gasteiger partial charge on any atom is 0.219 e. The SMILES string of the molecule is CC(=O)N1CCO[C@H]2[C@@H](OCC3CC3)CC[C@@H]21. The number of ether oxygens (including phenoxy) is 2. The molecule has 1 saturated heterocycles. The van der Waals surface area contributed by atoms with Crippen LogP contribution in [-0.2, 0) is 14.3 Å². The lowest BCUT2D eigenvalue weighted by atomic mass is 10.1. The number of carbonyl (C=O) groups is 1. The molecular weight excluding hydrogens is 218 g/mol. The summed E-state index contributed by atoms with van der Waals surface area (Å²) < 4.78 is 11.8. The first kappa shape index (κ1) is 11.5. The van der Waals surface area contributed by atoms with E-state index in [1.165, 1.54) is 12.8 Å². The van der Waals surface area contributed by atoms with Crippen molar-refractivity contribution in [3.05, 3.63) is 0 Å². The van der Waals surface area contributed by atoms with Crippen molar-refractivity contribution in [3.63, 3.8) is 0 Å². The van der Waals surface area contributed by atoms with E-state index in [1.54, 1.807) is 6.92 Å². The van der Waals surface area contributed by atoms with Crippen molar-refractivity contribution in [2.24, 2.45) is 5.92 Å². The minimum absolute atomic E-state index is 0.117. The fourth-order valence-electron chi connectivity index (χ4n) is 3.03. The lowest BCUT2D eigenvalue weighted by molar-refractivity contribution is -0.149. The van der Waals surface area contributed by atoms with Gasteiger partial charge >= 0.3 is 0 Å². The van der Waals surface area contributed by atoms with Crippen molar-refractivity contribution < 1.29 is 14.3 Å². The van der Waals surface area contributed by atoms with Gasteiger partial charge in [-0.3, -0.25) is 4.79 Å². The molecule has 0 N–H and O–H groups in total. The molecule has 0 unspecified atom stereocenters. The fourth-order valence-corrected chi connectivity index (χ4v) is 3.03. The highest BCUT2D eigenvalue weighted by molar-refractivity contribution is 5.73. The average Bonchev–Trinajstić information content (AvgIpc) is 3.06. The average molecular weight is 239 g/mol. The number of carbonyl (C=O) groups excluding carboxylic acids is 1. The van der Waals surface area contributed by atoms with E-state index in [2.05, 4.69) is 0 Å². The molecule has 0 aromatic rings. The van der Waals surface area contributed by atoms with Gasteiger partial charge in [0.1, 0.15) is 6.10 Å². The Morgan fingerprint density at radius 3 is 2.88 bits per heavy atom. The zero-order valence-electron chi connectivity index (χ0n) is 10.4. The molecule has 1 amide bonds. The summed E-state index contributed by atoms with van der Waals surface area (Å²) in [5, 5.41) is 0. The molecule has 0 radical (unpaired) electrons. The summed E-state index contributed by atoms with van der Waals surface area (Å²) in [5.41, 5.74) is 0. The molecule has 2 saturated carbocycles. The predicted octanol–water partition coefficient (Wildman–Crippen LogP) is 1.19. The summed E-state index contributed by atoms with van der Waals surface area (Å²) in [5.74, 6) is 0.965. The van der Waals surface area contributed by atoms with Crippen LogP contribution in [0.3, 0.4) is 0 Å². The molecule has 3 fully saturated rings. The molecule has 3 atom stereocenters. The molecule has 0 aromatic carbocycles. The Kier molecular flexibility index (Phi) is 3.09. The minimum Gasteiger partial charge on any atom is -0.375 e. The van der Waals surface area contributed by atoms with E-state index in [9.17, 15) is 4.79 Å². The summed E-state index contributed by atoms with van der Waals surface area (Å²) in [6, 6.07) is 0.255. The van der Waals surface area contributed by atoms with Gasteiger partial charge in [0.05, 0.1) is 18.8 Å². The van der Waals surface area contributed by atoms with Crippen molar-refractivity contribution in [1.29, 1.82) is 0 Å². The summed E-state index contributed by atoms with van der Waals surface area (Å²) in [4.78, 5) is 13.5. The summed E-state index contributed by atoms with van der Waals surface area (Å²) in [6.07, 6.45) is 5.03. The van der Waals surface area contributed by atoms with Crippen LogP contribution in [0.5, 0.6) is 0 Å². The number of fused-ring (bicyclic) bond motifs is 1. The Labute approximate surface area is 102 Å². The Hall–Kier alpha value is -0.610. The van der Waals surface area contributed by atoms with Crippen molar-refractivity contribution in [2.45, 2.75) is 50.9 Å². The molecule has 1 heterocycles. The second kappa shape index (κ2) is 4.58. The Bertz CT molecular complexity index is 303. The van der Waals surface area contributed by atoms with Crippen LogP contribution >= 0.6 is 0 Å². The molecule has 3 rings (SSSR count). The van der Waals surface area contributed by atoms with Crippen LogP contribution in [0.4, 0.5) is 0 Å². The number of hydrogen-bond donors (Lipinski definition) is 0. The molecule has 96 valence electrons. The second-order valence-electron chi connectivity index (χ2n) is 5.51. The summed E-state index contributed by atoms with van der Waals surface area (Å²) >= 11 is 0. The number of rotatable bonds is 3. The molecule has 0 bridgehead atoms. The first-order chi connectivity index (χ1) is 8.25. The zero-order chi connectivity index (χ0) is 11.8. The summed E-state index contributed by atoms with van der Waals surface area (Å²) in [6.45, 7) is 3.94. The fraction of sp³-hybridized carbons (Fsp3) is 0.923. The maximum absolute atomic E-state index is 11.6. The van der Waals surface area contributed by atoms with Gasteiger partial charge in [0.15, 0.2) is 0 Å². The monoisotopic (exact) mass is 239 g/mol. The predicted molar refractivity (Wildman–Crippen MR) is 62.6 cm³/mol. The molecule has 0 spiro atoms. The molecule has 4 nitrogen and oxygen atoms in total. The van der Waals surface area contributed by atoms with Gasteiger partial charge in [0.25, 0.3) is 0 Å². The van der Waals surface area contributed by atoms with Gasteiger partial charge < -0.3 is 14.4 Å². The van der Waals surface area contributed by atoms with E-state index in [-0.39, 0.29) is 24.2 Å². The second-order valence-corrected chi connectivity index (χ2v) is 5.51. The van der Waals surface area contributed by atoms with Crippen LogP contribution in [0, 0.1) is 5.92 Å². The minimum atomic E-state index is 0.117. The van der Waals surface area contributed by atoms with Gasteiger partial charge in [-0.05, 0) is 31.6 Å². The van der Waals surface area contributed by atoms with E-state index in [1.807, 2.05) is 4.90 Å². The lowest BCUT2D eigenvalue weighted by Gasteiger charge is -2.38. The summed E-state index contributed by atoms with van der Waals surface area (Å²) in [7, 11) is 0. The maximum atomic E-state index is 11.6. The van der Waals surface area contributed by atoms with Crippen LogP contribution in [0.15, 0.2) is 0 Å². The lowest BCUT2D eigenvalue weighted by Crippen LogP contribution is -2.53. The third-order valence-electron chi connectivity index (χ3n) is 4.18. The van der Waals surface area contributed by atoms with Crippen LogP contribution in [0.1, 0.15) is 32.6 Å². The van der Waals surface area contributed by atoms with Gasteiger partial charge in [-0.25, -0.2) is 0 Å². The van der Waals surface area contributed by atoms with E-state index in [0.717, 1.165) is 31.9 Å². The zero-order valence-corrected chi connectivity index (χ0v) is 10.4. The molecular formula is C13H21NO3. The smallest absolute Gasteiger partial charge is 0.219 e. The van der Waals surface area contributed by atoms with Gasteiger partial charge in [0.2, 0.25) is 5.91 Å². The van der Waals surface area contributed by atoms with Crippen molar-refractivity contribution in [2.75, 3.05) is 19.8 Å². The normalized spacial score (nSPS) is 37.0. The topological polar surface area (TPSA) is 38.8 Å². The van der Waals surface area contributed by atoms with Crippen LogP contribution in [-0.4, -0.2) is 48.8 Å². The first-order valence-electron chi connectivity index (χ1n) is 6.76. The van der Waals surface area contributed by atoms with Crippen LogP contribution < -0.4 is 0 Å². The van der Waals surface area contributed by atoms with Crippen molar-refractivity contribution in [3.8, 4) is 0 Å². The van der Waals surface area contributed by atoms with E-state index < -0.39 is 0 Å². The first-order valence-corrected chi connectivity index (χ1v) is 6.76. The van der Waals surface area contributed by atoms with Gasteiger partial charge in [0, 0.05) is 20.1 Å². The Balaban J connectivity index is 1.60. The largest absolute Gasteiger partial charge is 0.375 e. The Morgan fingerprint density at radius 2 is 2.18 bits per heavy atom. The molecule has 3 aliphatic rings. The van der Waals surface area contributed by atoms with E-state index >= 15 is 0 Å². The third kappa shape index (κ3) is 2.33. The molecule has 17 heavy (non-hydrogen) atoms. The number of hydrogen-bond acceptors (Lipinski definition) is 3. The molecule has 0 aromatic heterocycles. The quantitative estimate of drug-likeness (QED) is 0.742. The highest BCUT2D eigenvalue weighted by Crippen LogP contribution is 2.35. The van der Waals surface area contributed by atoms with Gasteiger partial charge in [-0.15, -0.1) is 0 Å². The van der Waals surface area contributed by atoms with Gasteiger partial charge in [-0.1, -0.05) is 0 Å². The van der Waals surface area contributed by atoms with E-state index in [4.69, 9.17) is 9.47 Å². The number of morpholine rings is 1.